The van der Waals surface area contributed by atoms with E-state index in [0.29, 0.717) is 11.7 Å². The largest absolute Gasteiger partial charge is 0.465 e. The highest BCUT2D eigenvalue weighted by atomic mass is 32.1. The molecule has 0 amide bonds. The maximum atomic E-state index is 12.3. The zero-order chi connectivity index (χ0) is 21.1. The van der Waals surface area contributed by atoms with Crippen molar-refractivity contribution in [3.8, 4) is 5.69 Å². The molecule has 1 aliphatic rings. The molecule has 0 saturated carbocycles. The topological polar surface area (TPSA) is 72.3 Å². The molecule has 30 heavy (non-hydrogen) atoms. The van der Waals surface area contributed by atoms with Crippen molar-refractivity contribution < 1.29 is 9.53 Å². The number of carbonyl (C=O) groups is 1. The highest BCUT2D eigenvalue weighted by Crippen LogP contribution is 2.40. The molecule has 4 rings (SSSR count). The number of aromatic nitrogens is 3. The molecular weight excluding hydrogens is 398 g/mol. The van der Waals surface area contributed by atoms with Gasteiger partial charge < -0.3 is 19.5 Å². The highest BCUT2D eigenvalue weighted by molar-refractivity contribution is 7.80. The fraction of sp³-hybridized carbons (Fsp3) is 0.273. The minimum Gasteiger partial charge on any atom is -0.465 e. The number of esters is 1. The van der Waals surface area contributed by atoms with Crippen molar-refractivity contribution >= 4 is 23.3 Å². The highest BCUT2D eigenvalue weighted by Gasteiger charge is 2.42. The molecule has 0 aliphatic carbocycles. The van der Waals surface area contributed by atoms with Gasteiger partial charge in [0.05, 0.1) is 36.3 Å². The smallest absolute Gasteiger partial charge is 0.325 e. The Bertz CT molecular complexity index is 1040. The SMILES string of the molecule is CCOC(=O)CN1C(=S)N[C@@H](c2ccccn2)[C@H]1c1ccc(C)n1-c1cccnc1. The van der Waals surface area contributed by atoms with E-state index < -0.39 is 0 Å². The summed E-state index contributed by atoms with van der Waals surface area (Å²) in [5.41, 5.74) is 3.86. The van der Waals surface area contributed by atoms with Crippen LogP contribution in [0.15, 0.2) is 61.1 Å². The van der Waals surface area contributed by atoms with Gasteiger partial charge in [0, 0.05) is 23.8 Å². The minimum atomic E-state index is -0.315. The molecule has 0 spiro atoms. The minimum absolute atomic E-state index is 0.0605. The van der Waals surface area contributed by atoms with Crippen molar-refractivity contribution in [2.24, 2.45) is 0 Å². The number of nitrogens with one attached hydrogen (secondary N) is 1. The Morgan fingerprint density at radius 2 is 2.07 bits per heavy atom. The Morgan fingerprint density at radius 3 is 2.77 bits per heavy atom. The molecule has 3 aromatic rings. The predicted molar refractivity (Wildman–Crippen MR) is 117 cm³/mol. The predicted octanol–water partition coefficient (Wildman–Crippen LogP) is 3.11. The van der Waals surface area contributed by atoms with Crippen LogP contribution in [0.1, 0.15) is 36.1 Å². The van der Waals surface area contributed by atoms with Gasteiger partial charge in [0.1, 0.15) is 6.54 Å². The lowest BCUT2D eigenvalue weighted by atomic mass is 10.0. The van der Waals surface area contributed by atoms with Crippen LogP contribution in [0, 0.1) is 6.92 Å². The summed E-state index contributed by atoms with van der Waals surface area (Å²) in [6, 6.07) is 13.4. The number of aryl methyl sites for hydroxylation is 1. The number of hydrogen-bond acceptors (Lipinski definition) is 5. The lowest BCUT2D eigenvalue weighted by Gasteiger charge is -2.28. The summed E-state index contributed by atoms with van der Waals surface area (Å²) >= 11 is 5.62. The van der Waals surface area contributed by atoms with E-state index in [0.717, 1.165) is 22.8 Å². The molecule has 1 fully saturated rings. The zero-order valence-electron chi connectivity index (χ0n) is 16.9. The van der Waals surface area contributed by atoms with E-state index in [-0.39, 0.29) is 24.6 Å². The summed E-state index contributed by atoms with van der Waals surface area (Å²) in [6.07, 6.45) is 5.33. The van der Waals surface area contributed by atoms with E-state index in [9.17, 15) is 4.79 Å². The molecule has 1 N–H and O–H groups in total. The number of pyridine rings is 2. The van der Waals surface area contributed by atoms with Gasteiger partial charge in [-0.25, -0.2) is 0 Å². The van der Waals surface area contributed by atoms with Gasteiger partial charge >= 0.3 is 5.97 Å². The third-order valence-electron chi connectivity index (χ3n) is 5.12. The van der Waals surface area contributed by atoms with Crippen LogP contribution in [0.3, 0.4) is 0 Å². The number of nitrogens with zero attached hydrogens (tertiary/aromatic N) is 4. The van der Waals surface area contributed by atoms with Crippen molar-refractivity contribution in [1.29, 1.82) is 0 Å². The van der Waals surface area contributed by atoms with Crippen LogP contribution in [0.25, 0.3) is 5.69 Å². The Balaban J connectivity index is 1.82. The van der Waals surface area contributed by atoms with Crippen LogP contribution in [0.2, 0.25) is 0 Å². The van der Waals surface area contributed by atoms with Gasteiger partial charge in [0.25, 0.3) is 0 Å². The first-order valence-corrected chi connectivity index (χ1v) is 10.2. The van der Waals surface area contributed by atoms with E-state index in [2.05, 4.69) is 32.0 Å². The maximum absolute atomic E-state index is 12.3. The van der Waals surface area contributed by atoms with Crippen molar-refractivity contribution in [2.75, 3.05) is 13.2 Å². The summed E-state index contributed by atoms with van der Waals surface area (Å²) in [5, 5.41) is 3.86. The number of hydrogen-bond donors (Lipinski definition) is 1. The van der Waals surface area contributed by atoms with E-state index >= 15 is 0 Å². The molecular formula is C22H23N5O2S. The average Bonchev–Trinajstić information content (AvgIpc) is 3.29. The van der Waals surface area contributed by atoms with Crippen LogP contribution < -0.4 is 5.32 Å². The maximum Gasteiger partial charge on any atom is 0.325 e. The molecule has 7 nitrogen and oxygen atoms in total. The molecule has 0 unspecified atom stereocenters. The van der Waals surface area contributed by atoms with Crippen molar-refractivity contribution in [3.63, 3.8) is 0 Å². The van der Waals surface area contributed by atoms with E-state index in [1.807, 2.05) is 48.4 Å². The van der Waals surface area contributed by atoms with E-state index in [4.69, 9.17) is 17.0 Å². The van der Waals surface area contributed by atoms with E-state index in [1.165, 1.54) is 0 Å². The summed E-state index contributed by atoms with van der Waals surface area (Å²) in [4.78, 5) is 23.0. The molecule has 0 radical (unpaired) electrons. The average molecular weight is 422 g/mol. The van der Waals surface area contributed by atoms with E-state index in [1.54, 1.807) is 19.3 Å². The van der Waals surface area contributed by atoms with Crippen LogP contribution >= 0.6 is 12.2 Å². The summed E-state index contributed by atoms with van der Waals surface area (Å²) in [6.45, 7) is 4.23. The summed E-state index contributed by atoms with van der Waals surface area (Å²) < 4.78 is 7.34. The second-order valence-electron chi connectivity index (χ2n) is 7.01. The first-order valence-electron chi connectivity index (χ1n) is 9.82. The standard InChI is InChI=1S/C22H23N5O2S/c1-3-29-19(28)14-26-21(20(25-22(26)30)17-8-4-5-12-24-17)18-10-9-15(2)27(18)16-7-6-11-23-13-16/h4-13,20-21H,3,14H2,1-2H3,(H,25,30)/t20-,21+/m0/s1. The van der Waals surface area contributed by atoms with Crippen molar-refractivity contribution in [2.45, 2.75) is 25.9 Å². The Labute approximate surface area is 180 Å². The van der Waals surface area contributed by atoms with Gasteiger partial charge in [-0.05, 0) is 62.5 Å². The van der Waals surface area contributed by atoms with Gasteiger partial charge in [-0.3, -0.25) is 14.8 Å². The third kappa shape index (κ3) is 3.78. The molecule has 2 atom stereocenters. The fourth-order valence-corrected chi connectivity index (χ4v) is 4.18. The van der Waals surface area contributed by atoms with Crippen LogP contribution in [-0.4, -0.2) is 43.7 Å². The molecule has 0 aromatic carbocycles. The van der Waals surface area contributed by atoms with Crippen molar-refractivity contribution in [3.05, 3.63) is 78.1 Å². The fourth-order valence-electron chi connectivity index (χ4n) is 3.87. The third-order valence-corrected chi connectivity index (χ3v) is 5.47. The molecule has 0 bridgehead atoms. The molecule has 1 saturated heterocycles. The van der Waals surface area contributed by atoms with Gasteiger partial charge in [-0.15, -0.1) is 0 Å². The van der Waals surface area contributed by atoms with Crippen LogP contribution in [0.5, 0.6) is 0 Å². The normalized spacial score (nSPS) is 18.3. The van der Waals surface area contributed by atoms with Crippen molar-refractivity contribution in [1.82, 2.24) is 24.8 Å². The number of ether oxygens (including phenoxy) is 1. The second kappa shape index (κ2) is 8.62. The number of rotatable bonds is 6. The lowest BCUT2D eigenvalue weighted by molar-refractivity contribution is -0.143. The zero-order valence-corrected chi connectivity index (χ0v) is 17.7. The molecule has 8 heteroatoms. The van der Waals surface area contributed by atoms with Gasteiger partial charge in [-0.2, -0.15) is 0 Å². The number of carbonyl (C=O) groups excluding carboxylic acids is 1. The first kappa shape index (κ1) is 20.0. The summed E-state index contributed by atoms with van der Waals surface area (Å²) in [5.74, 6) is -0.315. The lowest BCUT2D eigenvalue weighted by Crippen LogP contribution is -2.36. The van der Waals surface area contributed by atoms with Crippen LogP contribution in [0.4, 0.5) is 0 Å². The van der Waals surface area contributed by atoms with Crippen LogP contribution in [-0.2, 0) is 9.53 Å². The molecule has 154 valence electrons. The monoisotopic (exact) mass is 421 g/mol. The van der Waals surface area contributed by atoms with Gasteiger partial charge in [0.15, 0.2) is 5.11 Å². The van der Waals surface area contributed by atoms with Gasteiger partial charge in [-0.1, -0.05) is 6.07 Å². The Morgan fingerprint density at radius 1 is 1.20 bits per heavy atom. The Kier molecular flexibility index (Phi) is 5.76. The second-order valence-corrected chi connectivity index (χ2v) is 7.39. The summed E-state index contributed by atoms with van der Waals surface area (Å²) in [7, 11) is 0. The molecule has 1 aliphatic heterocycles. The van der Waals surface area contributed by atoms with Gasteiger partial charge in [0.2, 0.25) is 0 Å². The number of thiocarbonyl (C=S) groups is 1. The quantitative estimate of drug-likeness (QED) is 0.484. The molecule has 3 aromatic heterocycles. The first-order chi connectivity index (χ1) is 14.6. The Hall–Kier alpha value is -3.26. The molecule has 4 heterocycles.